The highest BCUT2D eigenvalue weighted by Gasteiger charge is 2.18. The van der Waals surface area contributed by atoms with Gasteiger partial charge in [0.25, 0.3) is 5.91 Å². The number of nitrogens with two attached hydrogens (primary N) is 1. The van der Waals surface area contributed by atoms with E-state index in [-0.39, 0.29) is 11.5 Å². The second-order valence-corrected chi connectivity index (χ2v) is 6.92. The fraction of sp³-hybridized carbons (Fsp3) is 0.0500. The minimum Gasteiger partial charge on any atom is -0.364 e. The summed E-state index contributed by atoms with van der Waals surface area (Å²) in [6.07, 6.45) is 0. The molecule has 0 spiro atoms. The quantitative estimate of drug-likeness (QED) is 0.578. The normalized spacial score (nSPS) is 10.9. The van der Waals surface area contributed by atoms with E-state index in [4.69, 9.17) is 5.73 Å². The van der Waals surface area contributed by atoms with E-state index in [0.29, 0.717) is 16.5 Å². The van der Waals surface area contributed by atoms with E-state index in [2.05, 4.69) is 10.1 Å². The van der Waals surface area contributed by atoms with Crippen LogP contribution in [0.1, 0.15) is 16.1 Å². The van der Waals surface area contributed by atoms with Gasteiger partial charge in [0.2, 0.25) is 5.13 Å². The molecule has 27 heavy (non-hydrogen) atoms. The summed E-state index contributed by atoms with van der Waals surface area (Å²) in [6, 6.07) is 15.6. The van der Waals surface area contributed by atoms with Crippen molar-refractivity contribution in [2.75, 3.05) is 0 Å². The van der Waals surface area contributed by atoms with Crippen molar-refractivity contribution in [1.82, 2.24) is 14.8 Å². The smallest absolute Gasteiger partial charge is 0.267 e. The molecule has 7 heteroatoms. The highest BCUT2D eigenvalue weighted by atomic mass is 32.1. The van der Waals surface area contributed by atoms with Crippen molar-refractivity contribution in [3.8, 4) is 27.6 Å². The molecule has 0 aliphatic carbocycles. The third-order valence-electron chi connectivity index (χ3n) is 4.12. The Labute approximate surface area is 158 Å². The maximum absolute atomic E-state index is 13.1. The number of rotatable bonds is 4. The summed E-state index contributed by atoms with van der Waals surface area (Å²) < 4.78 is 14.6. The first-order valence-corrected chi connectivity index (χ1v) is 9.08. The average Bonchev–Trinajstić information content (AvgIpc) is 3.30. The van der Waals surface area contributed by atoms with Crippen molar-refractivity contribution in [2.24, 2.45) is 5.73 Å². The number of nitrogens with zero attached hydrogens (tertiary/aromatic N) is 3. The first kappa shape index (κ1) is 17.1. The molecule has 2 heterocycles. The zero-order valence-electron chi connectivity index (χ0n) is 14.4. The minimum atomic E-state index is -0.584. The lowest BCUT2D eigenvalue weighted by Crippen LogP contribution is -2.16. The Morgan fingerprint density at radius 3 is 2.33 bits per heavy atom. The van der Waals surface area contributed by atoms with E-state index in [1.54, 1.807) is 18.2 Å². The lowest BCUT2D eigenvalue weighted by Gasteiger charge is -2.00. The summed E-state index contributed by atoms with van der Waals surface area (Å²) >= 11 is 1.33. The Bertz CT molecular complexity index is 1110. The number of hydrogen-bond acceptors (Lipinski definition) is 4. The maximum Gasteiger partial charge on any atom is 0.267 e. The van der Waals surface area contributed by atoms with Gasteiger partial charge in [-0.05, 0) is 37.3 Å². The van der Waals surface area contributed by atoms with Crippen LogP contribution in [0.3, 0.4) is 0 Å². The van der Waals surface area contributed by atoms with Crippen molar-refractivity contribution in [2.45, 2.75) is 6.92 Å². The molecule has 2 N–H and O–H groups in total. The van der Waals surface area contributed by atoms with Gasteiger partial charge in [-0.25, -0.2) is 9.37 Å². The number of carbonyl (C=O) groups is 1. The summed E-state index contributed by atoms with van der Waals surface area (Å²) in [4.78, 5) is 16.4. The molecule has 0 saturated heterocycles. The summed E-state index contributed by atoms with van der Waals surface area (Å²) in [5.74, 6) is -0.889. The average molecular weight is 378 g/mol. The third kappa shape index (κ3) is 3.37. The van der Waals surface area contributed by atoms with Gasteiger partial charge in [0.15, 0.2) is 0 Å². The van der Waals surface area contributed by atoms with Crippen LogP contribution in [0.5, 0.6) is 0 Å². The van der Waals surface area contributed by atoms with Crippen LogP contribution in [0.25, 0.3) is 27.6 Å². The van der Waals surface area contributed by atoms with E-state index in [1.165, 1.54) is 28.2 Å². The Balaban J connectivity index is 1.76. The van der Waals surface area contributed by atoms with Crippen molar-refractivity contribution in [1.29, 1.82) is 0 Å². The predicted octanol–water partition coefficient (Wildman–Crippen LogP) is 4.21. The number of aromatic nitrogens is 3. The zero-order chi connectivity index (χ0) is 19.0. The van der Waals surface area contributed by atoms with Crippen LogP contribution in [0, 0.1) is 12.7 Å². The van der Waals surface area contributed by atoms with E-state index >= 15 is 0 Å². The van der Waals surface area contributed by atoms with Gasteiger partial charge in [-0.2, -0.15) is 9.78 Å². The molecule has 0 aliphatic heterocycles. The minimum absolute atomic E-state index is 0.255. The Morgan fingerprint density at radius 1 is 1.04 bits per heavy atom. The van der Waals surface area contributed by atoms with Gasteiger partial charge in [-0.3, -0.25) is 4.79 Å². The van der Waals surface area contributed by atoms with E-state index in [1.807, 2.05) is 36.6 Å². The highest BCUT2D eigenvalue weighted by molar-refractivity contribution is 7.12. The van der Waals surface area contributed by atoms with E-state index < -0.39 is 5.91 Å². The van der Waals surface area contributed by atoms with E-state index in [9.17, 15) is 9.18 Å². The summed E-state index contributed by atoms with van der Waals surface area (Å²) in [5, 5.41) is 6.88. The zero-order valence-corrected chi connectivity index (χ0v) is 15.2. The molecule has 1 amide bonds. The molecule has 0 aliphatic rings. The largest absolute Gasteiger partial charge is 0.364 e. The molecule has 5 nitrogen and oxygen atoms in total. The molecule has 4 aromatic rings. The fourth-order valence-electron chi connectivity index (χ4n) is 2.68. The van der Waals surface area contributed by atoms with Crippen LogP contribution in [0.15, 0.2) is 60.0 Å². The first-order valence-electron chi connectivity index (χ1n) is 8.20. The third-order valence-corrected chi connectivity index (χ3v) is 4.94. The molecular weight excluding hydrogens is 363 g/mol. The number of thiazole rings is 1. The van der Waals surface area contributed by atoms with Gasteiger partial charge in [-0.15, -0.1) is 11.3 Å². The van der Waals surface area contributed by atoms with Gasteiger partial charge >= 0.3 is 0 Å². The van der Waals surface area contributed by atoms with Crippen molar-refractivity contribution >= 4 is 17.2 Å². The fourth-order valence-corrected chi connectivity index (χ4v) is 3.48. The summed E-state index contributed by atoms with van der Waals surface area (Å²) in [5.41, 5.74) is 9.92. The lowest BCUT2D eigenvalue weighted by molar-refractivity contribution is 0.0993. The molecule has 2 aromatic carbocycles. The van der Waals surface area contributed by atoms with Crippen molar-refractivity contribution < 1.29 is 9.18 Å². The van der Waals surface area contributed by atoms with Gasteiger partial charge in [0, 0.05) is 16.5 Å². The monoisotopic (exact) mass is 378 g/mol. The summed E-state index contributed by atoms with van der Waals surface area (Å²) in [6.45, 7) is 2.00. The number of aryl methyl sites for hydroxylation is 1. The number of hydrogen-bond donors (Lipinski definition) is 1. The molecule has 0 bridgehead atoms. The van der Waals surface area contributed by atoms with Gasteiger partial charge in [0.05, 0.1) is 11.4 Å². The molecular formula is C20H15FN4OS. The second kappa shape index (κ2) is 6.77. The highest BCUT2D eigenvalue weighted by Crippen LogP contribution is 2.27. The molecule has 2 aromatic heterocycles. The Hall–Kier alpha value is -3.32. The number of halogens is 1. The first-order chi connectivity index (χ1) is 13.0. The van der Waals surface area contributed by atoms with Crippen LogP contribution in [-0.4, -0.2) is 20.7 Å². The maximum atomic E-state index is 13.1. The molecule has 0 unspecified atom stereocenters. The molecule has 0 atom stereocenters. The van der Waals surface area contributed by atoms with Crippen molar-refractivity contribution in [3.63, 3.8) is 0 Å². The lowest BCUT2D eigenvalue weighted by atomic mass is 10.1. The van der Waals surface area contributed by atoms with Gasteiger partial charge in [-0.1, -0.05) is 29.8 Å². The standard InChI is InChI=1S/C20H15FN4OS/c1-12-2-4-13(5-3-12)16-10-18(19(22)26)25(24-16)20-23-17(11-27-20)14-6-8-15(21)9-7-14/h2-11H,1H3,(H2,22,26). The van der Waals surface area contributed by atoms with E-state index in [0.717, 1.165) is 16.7 Å². The number of benzene rings is 2. The van der Waals surface area contributed by atoms with Crippen LogP contribution in [-0.2, 0) is 0 Å². The molecule has 4 rings (SSSR count). The molecule has 0 fully saturated rings. The summed E-state index contributed by atoms with van der Waals surface area (Å²) in [7, 11) is 0. The van der Waals surface area contributed by atoms with Crippen LogP contribution in [0.4, 0.5) is 4.39 Å². The number of carbonyl (C=O) groups excluding carboxylic acids is 1. The van der Waals surface area contributed by atoms with Gasteiger partial charge < -0.3 is 5.73 Å². The topological polar surface area (TPSA) is 73.8 Å². The van der Waals surface area contributed by atoms with Gasteiger partial charge in [0.1, 0.15) is 11.5 Å². The number of primary amides is 1. The Morgan fingerprint density at radius 2 is 1.67 bits per heavy atom. The van der Waals surface area contributed by atoms with Crippen LogP contribution < -0.4 is 5.73 Å². The predicted molar refractivity (Wildman–Crippen MR) is 103 cm³/mol. The molecule has 134 valence electrons. The molecule has 0 saturated carbocycles. The van der Waals surface area contributed by atoms with Crippen LogP contribution >= 0.6 is 11.3 Å². The molecule has 0 radical (unpaired) electrons. The second-order valence-electron chi connectivity index (χ2n) is 6.08. The Kier molecular flexibility index (Phi) is 4.29. The van der Waals surface area contributed by atoms with Crippen LogP contribution in [0.2, 0.25) is 0 Å². The van der Waals surface area contributed by atoms with Crippen molar-refractivity contribution in [3.05, 3.63) is 77.1 Å². The number of amides is 1. The SMILES string of the molecule is Cc1ccc(-c2cc(C(N)=O)n(-c3nc(-c4ccc(F)cc4)cs3)n2)cc1.